The van der Waals surface area contributed by atoms with Crippen molar-refractivity contribution in [1.29, 1.82) is 0 Å². The van der Waals surface area contributed by atoms with Gasteiger partial charge in [0.05, 0.1) is 7.11 Å². The Morgan fingerprint density at radius 3 is 2.52 bits per heavy atom. The van der Waals surface area contributed by atoms with Gasteiger partial charge in [0.1, 0.15) is 5.60 Å². The Bertz CT molecular complexity index is 1020. The van der Waals surface area contributed by atoms with Crippen molar-refractivity contribution < 1.29 is 23.8 Å². The number of nitrogens with one attached hydrogen (secondary N) is 1. The molecule has 1 aliphatic rings. The van der Waals surface area contributed by atoms with Crippen LogP contribution in [0.5, 0.6) is 0 Å². The van der Waals surface area contributed by atoms with E-state index in [1.165, 1.54) is 7.11 Å². The summed E-state index contributed by atoms with van der Waals surface area (Å²) < 4.78 is 15.8. The number of halogens is 1. The fourth-order valence-corrected chi connectivity index (χ4v) is 4.38. The van der Waals surface area contributed by atoms with E-state index >= 15 is 0 Å². The average Bonchev–Trinajstić information content (AvgIpc) is 2.76. The molecule has 0 saturated carbocycles. The van der Waals surface area contributed by atoms with Crippen molar-refractivity contribution in [3.05, 3.63) is 76.9 Å². The minimum Gasteiger partial charge on any atom is -0.467 e. The number of esters is 1. The van der Waals surface area contributed by atoms with Crippen molar-refractivity contribution >= 4 is 34.1 Å². The minimum atomic E-state index is -0.873. The Hall–Kier alpha value is -2.64. The zero-order valence-corrected chi connectivity index (χ0v) is 21.0. The first-order chi connectivity index (χ1) is 15.6. The second-order valence-corrected chi connectivity index (χ2v) is 10.2. The maximum atomic E-state index is 12.5. The molecule has 2 aromatic carbocycles. The number of benzene rings is 2. The molecule has 3 rings (SSSR count). The maximum Gasteiger partial charge on any atom is 0.407 e. The molecule has 33 heavy (non-hydrogen) atoms. The Balaban J connectivity index is 1.76. The molecule has 0 bridgehead atoms. The average molecular weight is 516 g/mol. The predicted molar refractivity (Wildman–Crippen MR) is 131 cm³/mol. The molecular formula is C26H30BrNO5. The monoisotopic (exact) mass is 515 g/mol. The number of carbonyl (C=O) groups is 2. The van der Waals surface area contributed by atoms with Crippen LogP contribution >= 0.6 is 15.9 Å². The van der Waals surface area contributed by atoms with Crippen LogP contribution in [-0.4, -0.2) is 30.9 Å². The van der Waals surface area contributed by atoms with Crippen molar-refractivity contribution in [1.82, 2.24) is 5.32 Å². The number of alkyl carbamates (subject to hydrolysis) is 1. The number of carbonyl (C=O) groups excluding carboxylic acids is 2. The van der Waals surface area contributed by atoms with Crippen molar-refractivity contribution in [2.45, 2.75) is 56.4 Å². The highest BCUT2D eigenvalue weighted by atomic mass is 79.9. The van der Waals surface area contributed by atoms with E-state index in [9.17, 15) is 9.59 Å². The van der Waals surface area contributed by atoms with Crippen LogP contribution in [0.1, 0.15) is 49.4 Å². The van der Waals surface area contributed by atoms with Crippen molar-refractivity contribution in [3.63, 3.8) is 0 Å². The first kappa shape index (κ1) is 25.0. The summed E-state index contributed by atoms with van der Waals surface area (Å²) in [6.07, 6.45) is 3.73. The second-order valence-electron chi connectivity index (χ2n) is 8.93. The van der Waals surface area contributed by atoms with Crippen LogP contribution in [0.2, 0.25) is 0 Å². The Kier molecular flexibility index (Phi) is 7.97. The van der Waals surface area contributed by atoms with Crippen molar-refractivity contribution in [2.75, 3.05) is 7.11 Å². The fourth-order valence-electron chi connectivity index (χ4n) is 3.61. The van der Waals surface area contributed by atoms with Crippen molar-refractivity contribution in [3.8, 4) is 0 Å². The number of alkyl halides is 1. The van der Waals surface area contributed by atoms with Crippen LogP contribution in [0.3, 0.4) is 0 Å². The van der Waals surface area contributed by atoms with Gasteiger partial charge in [-0.2, -0.15) is 0 Å². The highest BCUT2D eigenvalue weighted by Crippen LogP contribution is 2.43. The van der Waals surface area contributed by atoms with E-state index < -0.39 is 28.3 Å². The van der Waals surface area contributed by atoms with Gasteiger partial charge >= 0.3 is 12.1 Å². The summed E-state index contributed by atoms with van der Waals surface area (Å²) in [5, 5.41) is 2.78. The van der Waals surface area contributed by atoms with Gasteiger partial charge in [-0.3, -0.25) is 0 Å². The van der Waals surface area contributed by atoms with E-state index in [1.807, 2.05) is 81.5 Å². The first-order valence-corrected chi connectivity index (χ1v) is 11.6. The molecule has 2 aromatic rings. The van der Waals surface area contributed by atoms with Gasteiger partial charge in [-0.1, -0.05) is 54.6 Å². The molecule has 0 radical (unpaired) electrons. The van der Waals surface area contributed by atoms with Crippen molar-refractivity contribution in [2.24, 2.45) is 0 Å². The third-order valence-electron chi connectivity index (χ3n) is 5.09. The molecule has 7 heteroatoms. The normalized spacial score (nSPS) is 18.2. The number of hydrogen-bond acceptors (Lipinski definition) is 5. The highest BCUT2D eigenvalue weighted by molar-refractivity contribution is 9.09. The molecule has 0 saturated heterocycles. The standard InChI is InChI=1S/C26H30BrNO5/c1-25(2,3)33-24(30)28-17-19-12-13-21-20(15-19)11-8-14-26(21,27)32-22(23(29)31-4)16-18-9-6-5-7-10-18/h5-13,15,22H,14,16-17H2,1-4H3,(H,28,30). The van der Waals surface area contributed by atoms with Gasteiger partial charge in [0, 0.05) is 24.9 Å². The number of fused-ring (bicyclic) bond motifs is 1. The summed E-state index contributed by atoms with van der Waals surface area (Å²) in [4.78, 5) is 24.5. The molecule has 2 atom stereocenters. The lowest BCUT2D eigenvalue weighted by Crippen LogP contribution is -2.37. The predicted octanol–water partition coefficient (Wildman–Crippen LogP) is 5.48. The molecule has 6 nitrogen and oxygen atoms in total. The summed E-state index contributed by atoms with van der Waals surface area (Å²) in [5.41, 5.74) is 3.22. The number of hydrogen-bond donors (Lipinski definition) is 1. The highest BCUT2D eigenvalue weighted by Gasteiger charge is 2.38. The number of rotatable bonds is 7. The van der Waals surface area contributed by atoms with Crippen LogP contribution in [0.15, 0.2) is 54.6 Å². The van der Waals surface area contributed by atoms with Crippen LogP contribution < -0.4 is 5.32 Å². The molecule has 1 amide bonds. The SMILES string of the molecule is COC(=O)C(Cc1ccccc1)OC1(Br)CC=Cc2cc(CNC(=O)OC(C)(C)C)ccc21. The van der Waals surface area contributed by atoms with Crippen LogP contribution in [0.4, 0.5) is 4.79 Å². The van der Waals surface area contributed by atoms with Gasteiger partial charge in [0.15, 0.2) is 10.6 Å². The molecule has 0 heterocycles. The third-order valence-corrected chi connectivity index (χ3v) is 6.03. The van der Waals surface area contributed by atoms with E-state index in [0.29, 0.717) is 19.4 Å². The zero-order chi connectivity index (χ0) is 24.1. The fraction of sp³-hybridized carbons (Fsp3) is 0.385. The Labute approximate surface area is 203 Å². The van der Waals surface area contributed by atoms with E-state index in [4.69, 9.17) is 14.2 Å². The van der Waals surface area contributed by atoms with E-state index in [0.717, 1.165) is 22.3 Å². The summed E-state index contributed by atoms with van der Waals surface area (Å²) in [5.74, 6) is -0.424. The second kappa shape index (κ2) is 10.5. The topological polar surface area (TPSA) is 73.9 Å². The summed E-state index contributed by atoms with van der Waals surface area (Å²) in [7, 11) is 1.36. The summed E-state index contributed by atoms with van der Waals surface area (Å²) >= 11 is 3.75. The number of methoxy groups -OCH3 is 1. The minimum absolute atomic E-state index is 0.338. The van der Waals surface area contributed by atoms with Gasteiger partial charge in [0.2, 0.25) is 0 Å². The molecule has 2 unspecified atom stereocenters. The van der Waals surface area contributed by atoms with Gasteiger partial charge in [-0.25, -0.2) is 9.59 Å². The molecule has 176 valence electrons. The zero-order valence-electron chi connectivity index (χ0n) is 19.4. The van der Waals surface area contributed by atoms with Crippen LogP contribution in [0, 0.1) is 0 Å². The Morgan fingerprint density at radius 1 is 1.12 bits per heavy atom. The third kappa shape index (κ3) is 6.92. The number of ether oxygens (including phenoxy) is 3. The van der Waals surface area contributed by atoms with Crippen LogP contribution in [-0.2, 0) is 36.5 Å². The largest absolute Gasteiger partial charge is 0.467 e. The molecule has 0 spiro atoms. The van der Waals surface area contributed by atoms with Gasteiger partial charge < -0.3 is 19.5 Å². The maximum absolute atomic E-state index is 12.5. The summed E-state index contributed by atoms with van der Waals surface area (Å²) in [6.45, 7) is 5.81. The van der Waals surface area contributed by atoms with Gasteiger partial charge in [0.25, 0.3) is 0 Å². The molecule has 0 fully saturated rings. The van der Waals surface area contributed by atoms with Gasteiger partial charge in [-0.15, -0.1) is 0 Å². The quantitative estimate of drug-likeness (QED) is 0.390. The lowest BCUT2D eigenvalue weighted by atomic mass is 9.92. The molecule has 1 aliphatic carbocycles. The lowest BCUT2D eigenvalue weighted by Gasteiger charge is -2.34. The molecule has 1 N–H and O–H groups in total. The first-order valence-electron chi connectivity index (χ1n) is 10.8. The van der Waals surface area contributed by atoms with E-state index in [1.54, 1.807) is 0 Å². The Morgan fingerprint density at radius 2 is 1.85 bits per heavy atom. The molecule has 0 aliphatic heterocycles. The summed E-state index contributed by atoms with van der Waals surface area (Å²) in [6, 6.07) is 15.6. The van der Waals surface area contributed by atoms with Crippen LogP contribution in [0.25, 0.3) is 6.08 Å². The smallest absolute Gasteiger partial charge is 0.407 e. The van der Waals surface area contributed by atoms with E-state index in [2.05, 4.69) is 21.2 Å². The molecular weight excluding hydrogens is 486 g/mol. The van der Waals surface area contributed by atoms with Gasteiger partial charge in [-0.05, 0) is 59.5 Å². The lowest BCUT2D eigenvalue weighted by molar-refractivity contribution is -0.160. The molecule has 0 aromatic heterocycles. The van der Waals surface area contributed by atoms with E-state index in [-0.39, 0.29) is 0 Å². The number of amides is 1.